The van der Waals surface area contributed by atoms with Gasteiger partial charge in [0.15, 0.2) is 5.43 Å². The van der Waals surface area contributed by atoms with Gasteiger partial charge in [0.1, 0.15) is 6.54 Å². The monoisotopic (exact) mass is 304 g/mol. The van der Waals surface area contributed by atoms with Crippen LogP contribution in [0.15, 0.2) is 35.1 Å². The smallest absolute Gasteiger partial charge is 0.244 e. The predicted molar refractivity (Wildman–Crippen MR) is 85.0 cm³/mol. The van der Waals surface area contributed by atoms with Crippen LogP contribution in [0.5, 0.6) is 0 Å². The third kappa shape index (κ3) is 3.52. The minimum atomic E-state index is -0.157. The number of halogens is 1. The Balaban J connectivity index is 2.20. The molecule has 0 aliphatic carbocycles. The lowest BCUT2D eigenvalue weighted by atomic mass is 10.2. The zero-order valence-electron chi connectivity index (χ0n) is 12.2. The summed E-state index contributed by atoms with van der Waals surface area (Å²) in [4.78, 5) is 23.6. The molecule has 21 heavy (non-hydrogen) atoms. The van der Waals surface area contributed by atoms with Crippen molar-refractivity contribution in [1.29, 1.82) is 0 Å². The van der Waals surface area contributed by atoms with E-state index in [1.165, 1.54) is 12.1 Å². The lowest BCUT2D eigenvalue weighted by Gasteiger charge is -2.15. The molecule has 1 heterocycles. The van der Waals surface area contributed by atoms with Crippen molar-refractivity contribution in [3.63, 3.8) is 0 Å². The molecule has 0 saturated heterocycles. The van der Waals surface area contributed by atoms with Crippen molar-refractivity contribution in [3.05, 3.63) is 62.5 Å². The first-order valence-electron chi connectivity index (χ1n) is 6.61. The van der Waals surface area contributed by atoms with Crippen molar-refractivity contribution < 1.29 is 4.79 Å². The van der Waals surface area contributed by atoms with E-state index in [0.717, 1.165) is 17.0 Å². The van der Waals surface area contributed by atoms with E-state index in [-0.39, 0.29) is 17.9 Å². The average Bonchev–Trinajstić information content (AvgIpc) is 2.39. The van der Waals surface area contributed by atoms with Gasteiger partial charge < -0.3 is 9.88 Å². The Morgan fingerprint density at radius 2 is 1.81 bits per heavy atom. The first kappa shape index (κ1) is 15.3. The molecule has 0 unspecified atom stereocenters. The van der Waals surface area contributed by atoms with E-state index in [9.17, 15) is 9.59 Å². The molecule has 5 heteroatoms. The van der Waals surface area contributed by atoms with Crippen molar-refractivity contribution in [3.8, 4) is 0 Å². The highest BCUT2D eigenvalue weighted by atomic mass is 35.5. The van der Waals surface area contributed by atoms with Crippen LogP contribution in [-0.2, 0) is 11.3 Å². The van der Waals surface area contributed by atoms with Gasteiger partial charge in [-0.25, -0.2) is 0 Å². The van der Waals surface area contributed by atoms with Crippen LogP contribution in [-0.4, -0.2) is 10.5 Å². The van der Waals surface area contributed by atoms with E-state index in [2.05, 4.69) is 5.32 Å². The number of anilines is 1. The van der Waals surface area contributed by atoms with Crippen LogP contribution in [0.4, 0.5) is 5.69 Å². The van der Waals surface area contributed by atoms with Crippen LogP contribution in [0.1, 0.15) is 17.0 Å². The number of hydrogen-bond donors (Lipinski definition) is 1. The second kappa shape index (κ2) is 6.14. The molecule has 0 aliphatic rings. The molecule has 0 aliphatic heterocycles. The van der Waals surface area contributed by atoms with E-state index in [1.54, 1.807) is 16.7 Å². The van der Waals surface area contributed by atoms with Gasteiger partial charge in [0.2, 0.25) is 5.91 Å². The number of rotatable bonds is 3. The van der Waals surface area contributed by atoms with Crippen molar-refractivity contribution in [2.24, 2.45) is 0 Å². The zero-order chi connectivity index (χ0) is 15.6. The summed E-state index contributed by atoms with van der Waals surface area (Å²) >= 11 is 6.03. The van der Waals surface area contributed by atoms with E-state index in [0.29, 0.717) is 10.7 Å². The van der Waals surface area contributed by atoms with Gasteiger partial charge in [-0.15, -0.1) is 0 Å². The zero-order valence-corrected chi connectivity index (χ0v) is 13.0. The van der Waals surface area contributed by atoms with E-state index in [1.807, 2.05) is 26.8 Å². The van der Waals surface area contributed by atoms with Gasteiger partial charge in [-0.3, -0.25) is 9.59 Å². The topological polar surface area (TPSA) is 51.1 Å². The van der Waals surface area contributed by atoms with Crippen molar-refractivity contribution in [1.82, 2.24) is 4.57 Å². The second-order valence-electron chi connectivity index (χ2n) is 5.02. The fraction of sp³-hybridized carbons (Fsp3) is 0.250. The first-order valence-corrected chi connectivity index (χ1v) is 6.99. The number of benzene rings is 1. The van der Waals surface area contributed by atoms with E-state index in [4.69, 9.17) is 11.6 Å². The van der Waals surface area contributed by atoms with Crippen LogP contribution >= 0.6 is 11.6 Å². The molecule has 0 bridgehead atoms. The van der Waals surface area contributed by atoms with Crippen LogP contribution < -0.4 is 10.7 Å². The molecule has 110 valence electrons. The van der Waals surface area contributed by atoms with Gasteiger partial charge in [0, 0.05) is 34.2 Å². The van der Waals surface area contributed by atoms with Gasteiger partial charge in [-0.1, -0.05) is 17.7 Å². The van der Waals surface area contributed by atoms with Crippen molar-refractivity contribution in [2.75, 3.05) is 5.32 Å². The number of nitrogens with one attached hydrogen (secondary N) is 1. The number of aryl methyl sites for hydroxylation is 2. The fourth-order valence-corrected chi connectivity index (χ4v) is 2.39. The summed E-state index contributed by atoms with van der Waals surface area (Å²) in [5.74, 6) is -0.157. The summed E-state index contributed by atoms with van der Waals surface area (Å²) in [5.41, 5.74) is 3.01. The summed E-state index contributed by atoms with van der Waals surface area (Å²) in [7, 11) is 0. The van der Waals surface area contributed by atoms with Crippen LogP contribution in [0.25, 0.3) is 0 Å². The minimum Gasteiger partial charge on any atom is -0.340 e. The Labute approximate surface area is 128 Å². The van der Waals surface area contributed by atoms with Gasteiger partial charge >= 0.3 is 0 Å². The highest BCUT2D eigenvalue weighted by molar-refractivity contribution is 6.31. The van der Waals surface area contributed by atoms with Crippen LogP contribution in [0.2, 0.25) is 5.02 Å². The highest BCUT2D eigenvalue weighted by Crippen LogP contribution is 2.22. The Kier molecular flexibility index (Phi) is 4.48. The SMILES string of the molecule is Cc1c(Cl)cccc1NC(=O)Cn1c(C)cc(=O)cc1C. The third-order valence-electron chi connectivity index (χ3n) is 3.40. The van der Waals surface area contributed by atoms with Crippen LogP contribution in [0, 0.1) is 20.8 Å². The van der Waals surface area contributed by atoms with E-state index < -0.39 is 0 Å². The average molecular weight is 305 g/mol. The number of carbonyl (C=O) groups excluding carboxylic acids is 1. The Hall–Kier alpha value is -2.07. The van der Waals surface area contributed by atoms with Gasteiger partial charge in [-0.05, 0) is 38.5 Å². The molecule has 1 aromatic heterocycles. The predicted octanol–water partition coefficient (Wildman–Crippen LogP) is 3.07. The lowest BCUT2D eigenvalue weighted by molar-refractivity contribution is -0.116. The maximum absolute atomic E-state index is 12.2. The van der Waals surface area contributed by atoms with Gasteiger partial charge in [0.25, 0.3) is 0 Å². The Morgan fingerprint density at radius 1 is 1.19 bits per heavy atom. The van der Waals surface area contributed by atoms with E-state index >= 15 is 0 Å². The molecule has 0 saturated carbocycles. The molecule has 4 nitrogen and oxygen atoms in total. The number of carbonyl (C=O) groups is 1. The molecule has 0 radical (unpaired) electrons. The number of aromatic nitrogens is 1. The molecular weight excluding hydrogens is 288 g/mol. The number of nitrogens with zero attached hydrogens (tertiary/aromatic N) is 1. The Bertz CT molecular complexity index is 724. The second-order valence-corrected chi connectivity index (χ2v) is 5.43. The highest BCUT2D eigenvalue weighted by Gasteiger charge is 2.09. The van der Waals surface area contributed by atoms with Crippen molar-refractivity contribution >= 4 is 23.2 Å². The largest absolute Gasteiger partial charge is 0.340 e. The third-order valence-corrected chi connectivity index (χ3v) is 3.81. The molecule has 0 spiro atoms. The molecular formula is C16H17ClN2O2. The molecule has 0 fully saturated rings. The quantitative estimate of drug-likeness (QED) is 0.947. The minimum absolute atomic E-state index is 0.0488. The maximum atomic E-state index is 12.2. The normalized spacial score (nSPS) is 10.5. The van der Waals surface area contributed by atoms with Gasteiger partial charge in [0.05, 0.1) is 0 Å². The lowest BCUT2D eigenvalue weighted by Crippen LogP contribution is -2.23. The molecule has 1 aromatic carbocycles. The summed E-state index contributed by atoms with van der Waals surface area (Å²) in [6, 6.07) is 8.42. The molecule has 2 aromatic rings. The molecule has 1 amide bonds. The number of pyridine rings is 1. The standard InChI is InChI=1S/C16H17ClN2O2/c1-10-7-13(20)8-11(2)19(10)9-16(21)18-15-6-4-5-14(17)12(15)3/h4-8H,9H2,1-3H3,(H,18,21). The molecule has 0 atom stereocenters. The summed E-state index contributed by atoms with van der Waals surface area (Å²) < 4.78 is 1.80. The Morgan fingerprint density at radius 3 is 2.43 bits per heavy atom. The van der Waals surface area contributed by atoms with Crippen LogP contribution in [0.3, 0.4) is 0 Å². The molecule has 1 N–H and O–H groups in total. The van der Waals surface area contributed by atoms with Gasteiger partial charge in [-0.2, -0.15) is 0 Å². The molecule has 2 rings (SSSR count). The maximum Gasteiger partial charge on any atom is 0.244 e. The number of amides is 1. The summed E-state index contributed by atoms with van der Waals surface area (Å²) in [5, 5.41) is 3.46. The fourth-order valence-electron chi connectivity index (χ4n) is 2.21. The number of hydrogen-bond acceptors (Lipinski definition) is 2. The first-order chi connectivity index (χ1) is 9.88. The summed E-state index contributed by atoms with van der Waals surface area (Å²) in [6.45, 7) is 5.64. The van der Waals surface area contributed by atoms with Crippen molar-refractivity contribution in [2.45, 2.75) is 27.3 Å². The summed E-state index contributed by atoms with van der Waals surface area (Å²) in [6.07, 6.45) is 0.